The zero-order valence-corrected chi connectivity index (χ0v) is 11.9. The summed E-state index contributed by atoms with van der Waals surface area (Å²) in [6.07, 6.45) is 1.58. The minimum atomic E-state index is -0.939. The molecule has 0 aliphatic rings. The lowest BCUT2D eigenvalue weighted by molar-refractivity contribution is -0.138. The van der Waals surface area contributed by atoms with Gasteiger partial charge in [0.1, 0.15) is 0 Å². The monoisotopic (exact) mass is 320 g/mol. The second-order valence-corrected chi connectivity index (χ2v) is 5.07. The van der Waals surface area contributed by atoms with Gasteiger partial charge < -0.3 is 10.4 Å². The van der Waals surface area contributed by atoms with Gasteiger partial charge in [0, 0.05) is 27.6 Å². The smallest absolute Gasteiger partial charge is 0.330 e. The minimum Gasteiger partial charge on any atom is -0.479 e. The molecule has 0 radical (unpaired) electrons. The van der Waals surface area contributed by atoms with E-state index >= 15 is 0 Å². The summed E-state index contributed by atoms with van der Waals surface area (Å²) in [5.41, 5.74) is 2.22. The molecule has 0 saturated carbocycles. The molecule has 5 heteroatoms. The average Bonchev–Trinajstić information content (AvgIpc) is 2.37. The summed E-state index contributed by atoms with van der Waals surface area (Å²) >= 11 is 3.36. The van der Waals surface area contributed by atoms with E-state index in [0.29, 0.717) is 5.56 Å². The number of aryl methyl sites for hydroxylation is 1. The number of nitrogens with zero attached hydrogens (tertiary/aromatic N) is 1. The maximum absolute atomic E-state index is 11.4. The highest BCUT2D eigenvalue weighted by molar-refractivity contribution is 9.10. The van der Waals surface area contributed by atoms with Crippen molar-refractivity contribution in [3.05, 3.63) is 58.3 Å². The number of hydrogen-bond acceptors (Lipinski definition) is 3. The highest BCUT2D eigenvalue weighted by Crippen LogP contribution is 2.22. The van der Waals surface area contributed by atoms with E-state index in [4.69, 9.17) is 0 Å². The third kappa shape index (κ3) is 3.54. The first-order valence-corrected chi connectivity index (χ1v) is 6.53. The fourth-order valence-corrected chi connectivity index (χ4v) is 2.08. The van der Waals surface area contributed by atoms with Gasteiger partial charge in [-0.15, -0.1) is 0 Å². The molecular weight excluding hydrogens is 308 g/mol. The fraction of sp³-hybridized carbons (Fsp3) is 0.143. The topological polar surface area (TPSA) is 62.2 Å². The van der Waals surface area contributed by atoms with E-state index in [1.165, 1.54) is 0 Å². The SMILES string of the molecule is Cc1ccc(C(Nc2cccc(Br)c2)C(=O)O)cn1. The van der Waals surface area contributed by atoms with E-state index in [1.54, 1.807) is 18.3 Å². The summed E-state index contributed by atoms with van der Waals surface area (Å²) in [5.74, 6) is -0.939. The van der Waals surface area contributed by atoms with Gasteiger partial charge in [-0.2, -0.15) is 0 Å². The molecule has 2 rings (SSSR count). The minimum absolute atomic E-state index is 0.623. The lowest BCUT2D eigenvalue weighted by Gasteiger charge is -2.16. The fourth-order valence-electron chi connectivity index (χ4n) is 1.68. The van der Waals surface area contributed by atoms with E-state index in [0.717, 1.165) is 15.9 Å². The number of halogens is 1. The molecule has 0 amide bonds. The van der Waals surface area contributed by atoms with Crippen LogP contribution < -0.4 is 5.32 Å². The molecule has 19 heavy (non-hydrogen) atoms. The number of aliphatic carboxylic acids is 1. The molecule has 98 valence electrons. The summed E-state index contributed by atoms with van der Waals surface area (Å²) < 4.78 is 0.892. The lowest BCUT2D eigenvalue weighted by atomic mass is 10.1. The van der Waals surface area contributed by atoms with Gasteiger partial charge in [-0.1, -0.05) is 28.1 Å². The van der Waals surface area contributed by atoms with Crippen molar-refractivity contribution >= 4 is 27.6 Å². The molecule has 0 spiro atoms. The number of carboxylic acids is 1. The highest BCUT2D eigenvalue weighted by atomic mass is 79.9. The number of aromatic nitrogens is 1. The largest absolute Gasteiger partial charge is 0.479 e. The number of anilines is 1. The highest BCUT2D eigenvalue weighted by Gasteiger charge is 2.19. The van der Waals surface area contributed by atoms with Crippen molar-refractivity contribution in [3.8, 4) is 0 Å². The number of rotatable bonds is 4. The van der Waals surface area contributed by atoms with Gasteiger partial charge >= 0.3 is 5.97 Å². The number of carbonyl (C=O) groups is 1. The first kappa shape index (κ1) is 13.5. The zero-order chi connectivity index (χ0) is 13.8. The Kier molecular flexibility index (Phi) is 4.16. The number of nitrogens with one attached hydrogen (secondary N) is 1. The van der Waals surface area contributed by atoms with Crippen LogP contribution in [0.5, 0.6) is 0 Å². The maximum Gasteiger partial charge on any atom is 0.330 e. The number of pyridine rings is 1. The van der Waals surface area contributed by atoms with Crippen molar-refractivity contribution in [2.24, 2.45) is 0 Å². The predicted molar refractivity (Wildman–Crippen MR) is 77.1 cm³/mol. The van der Waals surface area contributed by atoms with Crippen LogP contribution in [0.15, 0.2) is 47.1 Å². The first-order valence-electron chi connectivity index (χ1n) is 5.74. The van der Waals surface area contributed by atoms with Gasteiger partial charge in [-0.05, 0) is 31.2 Å². The Morgan fingerprint density at radius 1 is 1.37 bits per heavy atom. The van der Waals surface area contributed by atoms with Crippen LogP contribution >= 0.6 is 15.9 Å². The molecule has 0 aliphatic carbocycles. The Bertz CT molecular complexity index is 584. The third-order valence-corrected chi connectivity index (χ3v) is 3.14. The molecule has 1 unspecified atom stereocenters. The van der Waals surface area contributed by atoms with Crippen molar-refractivity contribution in [1.82, 2.24) is 4.98 Å². The van der Waals surface area contributed by atoms with Gasteiger partial charge in [-0.25, -0.2) is 4.79 Å². The standard InChI is InChI=1S/C14H13BrN2O2/c1-9-5-6-10(8-16-9)13(14(18)19)17-12-4-2-3-11(15)7-12/h2-8,13,17H,1H3,(H,18,19). The van der Waals surface area contributed by atoms with Gasteiger partial charge in [0.25, 0.3) is 0 Å². The molecule has 4 nitrogen and oxygen atoms in total. The summed E-state index contributed by atoms with van der Waals surface area (Å²) in [7, 11) is 0. The Morgan fingerprint density at radius 2 is 2.16 bits per heavy atom. The Hall–Kier alpha value is -1.88. The van der Waals surface area contributed by atoms with Crippen LogP contribution in [0.1, 0.15) is 17.3 Å². The molecule has 2 N–H and O–H groups in total. The van der Waals surface area contributed by atoms with Crippen molar-refractivity contribution < 1.29 is 9.90 Å². The summed E-state index contributed by atoms with van der Waals surface area (Å²) in [5, 5.41) is 12.3. The van der Waals surface area contributed by atoms with Crippen LogP contribution in [0.3, 0.4) is 0 Å². The second kappa shape index (κ2) is 5.84. The van der Waals surface area contributed by atoms with Crippen LogP contribution in [0.2, 0.25) is 0 Å². The van der Waals surface area contributed by atoms with Crippen LogP contribution in [0, 0.1) is 6.92 Å². The normalized spacial score (nSPS) is 11.9. The number of hydrogen-bond donors (Lipinski definition) is 2. The van der Waals surface area contributed by atoms with E-state index in [1.807, 2.05) is 31.2 Å². The second-order valence-electron chi connectivity index (χ2n) is 4.16. The summed E-state index contributed by atoms with van der Waals surface area (Å²) in [6, 6.07) is 10.1. The molecule has 1 atom stereocenters. The predicted octanol–water partition coefficient (Wildman–Crippen LogP) is 3.39. The first-order chi connectivity index (χ1) is 9.06. The zero-order valence-electron chi connectivity index (χ0n) is 10.3. The number of benzene rings is 1. The quantitative estimate of drug-likeness (QED) is 0.906. The lowest BCUT2D eigenvalue weighted by Crippen LogP contribution is -2.20. The van der Waals surface area contributed by atoms with Gasteiger partial charge in [-0.3, -0.25) is 4.98 Å². The Labute approximate surface area is 119 Å². The molecule has 0 fully saturated rings. The molecule has 1 aromatic heterocycles. The maximum atomic E-state index is 11.4. The Morgan fingerprint density at radius 3 is 2.74 bits per heavy atom. The van der Waals surface area contributed by atoms with E-state index < -0.39 is 12.0 Å². The molecular formula is C14H13BrN2O2. The number of carboxylic acid groups (broad SMARTS) is 1. The van der Waals surface area contributed by atoms with Crippen LogP contribution in [0.25, 0.3) is 0 Å². The van der Waals surface area contributed by atoms with Crippen molar-refractivity contribution in [1.29, 1.82) is 0 Å². The van der Waals surface area contributed by atoms with Gasteiger partial charge in [0.05, 0.1) is 0 Å². The molecule has 0 bridgehead atoms. The molecule has 0 aliphatic heterocycles. The van der Waals surface area contributed by atoms with Crippen molar-refractivity contribution in [2.75, 3.05) is 5.32 Å². The van der Waals surface area contributed by atoms with E-state index in [-0.39, 0.29) is 0 Å². The third-order valence-electron chi connectivity index (χ3n) is 2.65. The average molecular weight is 321 g/mol. The van der Waals surface area contributed by atoms with E-state index in [2.05, 4.69) is 26.2 Å². The molecule has 0 saturated heterocycles. The summed E-state index contributed by atoms with van der Waals surface area (Å²) in [6.45, 7) is 1.86. The van der Waals surface area contributed by atoms with E-state index in [9.17, 15) is 9.90 Å². The molecule has 1 heterocycles. The van der Waals surface area contributed by atoms with Crippen molar-refractivity contribution in [2.45, 2.75) is 13.0 Å². The Balaban J connectivity index is 2.26. The van der Waals surface area contributed by atoms with Crippen LogP contribution in [-0.4, -0.2) is 16.1 Å². The van der Waals surface area contributed by atoms with Crippen LogP contribution in [0.4, 0.5) is 5.69 Å². The van der Waals surface area contributed by atoms with Crippen molar-refractivity contribution in [3.63, 3.8) is 0 Å². The molecule has 2 aromatic rings. The molecule has 1 aromatic carbocycles. The van der Waals surface area contributed by atoms with Gasteiger partial charge in [0.15, 0.2) is 6.04 Å². The van der Waals surface area contributed by atoms with Gasteiger partial charge in [0.2, 0.25) is 0 Å². The van der Waals surface area contributed by atoms with Crippen LogP contribution in [-0.2, 0) is 4.79 Å². The summed E-state index contributed by atoms with van der Waals surface area (Å²) in [4.78, 5) is 15.5.